The standard InChI is InChI=1S/C45H74O11/c1-12-34-17-15-13-14-16-27(4)42(51)44(11,53)43(52)32(9)40(50)31(8)39(49)30(7)38(48)26(3)18-21-37(47)54-41-29(6)35(20-19-34)55-45(33(41)10)23-22-25(2)36(56-45)24-28(5)46/h13-15,17-18,21,25-36,38,40-42,46,48,50-51,53H,12,16,19-20,22-24H2,1-11H3/b14-13+,17-15-,21-18+/t25-,26-,27+,28-,29+,30-,31-,32-,33-,34-,35+,36-,38+,40+,41-,42-,44+,45+/m1/s1. The summed E-state index contributed by atoms with van der Waals surface area (Å²) >= 11 is 0. The van der Waals surface area contributed by atoms with Crippen LogP contribution in [0.1, 0.15) is 121 Å². The molecular weight excluding hydrogens is 716 g/mol. The molecule has 56 heavy (non-hydrogen) atoms. The van der Waals surface area contributed by atoms with Crippen LogP contribution in [0.15, 0.2) is 36.5 Å². The number of aliphatic hydroxyl groups excluding tert-OH is 4. The Hall–Kier alpha value is -2.25. The molecule has 0 unspecified atom stereocenters. The lowest BCUT2D eigenvalue weighted by Gasteiger charge is -2.55. The van der Waals surface area contributed by atoms with Crippen LogP contribution in [-0.2, 0) is 28.6 Å². The number of esters is 1. The SMILES string of the molecule is CC[C@@H]1/C=C\C=C\C[C@H](C)[C@@H](O)[C@](C)(O)C(=O)[C@H](C)[C@@H](O)[C@H](C)C(=O)[C@H](C)[C@@H](O)[C@H](C)/C=C/C(=O)O[C@@H]2[C@@H](C)[C@H](CC1)O[C@]1(CC[C@@H](C)[C@@H](C[C@@H](C)O)O1)[C@@H]2C. The summed E-state index contributed by atoms with van der Waals surface area (Å²) in [7, 11) is 0. The lowest BCUT2D eigenvalue weighted by atomic mass is 9.74. The second-order valence-electron chi connectivity index (χ2n) is 18.0. The van der Waals surface area contributed by atoms with Crippen LogP contribution in [0, 0.1) is 53.3 Å². The molecule has 1 spiro atoms. The van der Waals surface area contributed by atoms with E-state index < -0.39 is 89.0 Å². The summed E-state index contributed by atoms with van der Waals surface area (Å²) in [4.78, 5) is 40.5. The van der Waals surface area contributed by atoms with Gasteiger partial charge in [-0.15, -0.1) is 0 Å². The molecule has 0 aliphatic carbocycles. The lowest BCUT2D eigenvalue weighted by Crippen LogP contribution is -2.62. The topological polar surface area (TPSA) is 180 Å². The van der Waals surface area contributed by atoms with Gasteiger partial charge in [-0.05, 0) is 70.1 Å². The Morgan fingerprint density at radius 2 is 1.48 bits per heavy atom. The van der Waals surface area contributed by atoms with E-state index >= 15 is 0 Å². The minimum atomic E-state index is -2.18. The van der Waals surface area contributed by atoms with Crippen LogP contribution >= 0.6 is 0 Å². The van der Waals surface area contributed by atoms with Crippen molar-refractivity contribution in [2.75, 3.05) is 0 Å². The van der Waals surface area contributed by atoms with Gasteiger partial charge in [0.15, 0.2) is 11.6 Å². The number of aliphatic hydroxyl groups is 5. The van der Waals surface area contributed by atoms with Gasteiger partial charge < -0.3 is 39.7 Å². The molecule has 3 rings (SSSR count). The lowest BCUT2D eigenvalue weighted by molar-refractivity contribution is -0.371. The van der Waals surface area contributed by atoms with Crippen molar-refractivity contribution < 1.29 is 54.1 Å². The van der Waals surface area contributed by atoms with Crippen LogP contribution in [0.25, 0.3) is 0 Å². The molecule has 11 nitrogen and oxygen atoms in total. The third-order valence-corrected chi connectivity index (χ3v) is 13.4. The van der Waals surface area contributed by atoms with Crippen molar-refractivity contribution in [1.29, 1.82) is 0 Å². The predicted molar refractivity (Wildman–Crippen MR) is 215 cm³/mol. The largest absolute Gasteiger partial charge is 0.458 e. The van der Waals surface area contributed by atoms with Gasteiger partial charge in [-0.1, -0.05) is 92.7 Å². The molecule has 5 N–H and O–H groups in total. The Morgan fingerprint density at radius 3 is 2.11 bits per heavy atom. The molecule has 11 heteroatoms. The van der Waals surface area contributed by atoms with Crippen molar-refractivity contribution >= 4 is 17.5 Å². The molecule has 320 valence electrons. The molecule has 0 aromatic carbocycles. The maximum atomic E-state index is 13.5. The van der Waals surface area contributed by atoms with Crippen LogP contribution in [0.4, 0.5) is 0 Å². The van der Waals surface area contributed by atoms with Gasteiger partial charge in [-0.2, -0.15) is 0 Å². The van der Waals surface area contributed by atoms with Crippen LogP contribution < -0.4 is 0 Å². The van der Waals surface area contributed by atoms with E-state index in [0.717, 1.165) is 19.3 Å². The summed E-state index contributed by atoms with van der Waals surface area (Å²) in [6, 6.07) is 0. The Balaban J connectivity index is 1.99. The summed E-state index contributed by atoms with van der Waals surface area (Å²) in [6.07, 6.45) is 9.62. The third kappa shape index (κ3) is 11.5. The molecule has 3 aliphatic rings. The Labute approximate surface area is 336 Å². The van der Waals surface area contributed by atoms with E-state index in [-0.39, 0.29) is 35.9 Å². The molecule has 3 aliphatic heterocycles. The normalized spacial score (nSPS) is 46.8. The van der Waals surface area contributed by atoms with Crippen molar-refractivity contribution in [3.63, 3.8) is 0 Å². The van der Waals surface area contributed by atoms with Crippen LogP contribution in [0.2, 0.25) is 0 Å². The zero-order chi connectivity index (χ0) is 42.3. The summed E-state index contributed by atoms with van der Waals surface area (Å²) < 4.78 is 20.0. The first-order valence-corrected chi connectivity index (χ1v) is 21.2. The van der Waals surface area contributed by atoms with Crippen LogP contribution in [0.3, 0.4) is 0 Å². The van der Waals surface area contributed by atoms with Crippen molar-refractivity contribution in [3.05, 3.63) is 36.5 Å². The monoisotopic (exact) mass is 791 g/mol. The van der Waals surface area contributed by atoms with E-state index in [1.165, 1.54) is 39.8 Å². The molecule has 0 amide bonds. The van der Waals surface area contributed by atoms with Gasteiger partial charge in [0, 0.05) is 48.0 Å². The summed E-state index contributed by atoms with van der Waals surface area (Å²) in [6.45, 7) is 19.1. The van der Waals surface area contributed by atoms with Gasteiger partial charge in [-0.25, -0.2) is 4.79 Å². The van der Waals surface area contributed by atoms with E-state index in [2.05, 4.69) is 19.9 Å². The minimum Gasteiger partial charge on any atom is -0.458 e. The number of hydrogen-bond donors (Lipinski definition) is 5. The third-order valence-electron chi connectivity index (χ3n) is 13.4. The average Bonchev–Trinajstić information content (AvgIpc) is 3.16. The van der Waals surface area contributed by atoms with E-state index in [0.29, 0.717) is 25.7 Å². The molecule has 3 heterocycles. The van der Waals surface area contributed by atoms with Gasteiger partial charge >= 0.3 is 5.97 Å². The zero-order valence-electron chi connectivity index (χ0n) is 35.8. The number of carbonyl (C=O) groups excluding carboxylic acids is 3. The molecule has 0 radical (unpaired) electrons. The Kier molecular flexibility index (Phi) is 17.7. The first kappa shape index (κ1) is 48.1. The van der Waals surface area contributed by atoms with Gasteiger partial charge in [0.1, 0.15) is 17.5 Å². The summed E-state index contributed by atoms with van der Waals surface area (Å²) in [5.74, 6) is -7.28. The van der Waals surface area contributed by atoms with Crippen molar-refractivity contribution in [3.8, 4) is 0 Å². The molecule has 0 aromatic rings. The fourth-order valence-corrected chi connectivity index (χ4v) is 9.01. The fourth-order valence-electron chi connectivity index (χ4n) is 9.01. The fraction of sp³-hybridized carbons (Fsp3) is 0.800. The molecule has 2 fully saturated rings. The highest BCUT2D eigenvalue weighted by Gasteiger charge is 2.56. The number of ketones is 2. The number of allylic oxidation sites excluding steroid dienone is 4. The van der Waals surface area contributed by atoms with Gasteiger partial charge in [0.2, 0.25) is 0 Å². The highest BCUT2D eigenvalue weighted by atomic mass is 16.7. The Morgan fingerprint density at radius 1 is 0.839 bits per heavy atom. The summed E-state index contributed by atoms with van der Waals surface area (Å²) in [5.41, 5.74) is -2.18. The second-order valence-corrected chi connectivity index (χ2v) is 18.0. The first-order chi connectivity index (χ1) is 26.1. The smallest absolute Gasteiger partial charge is 0.330 e. The van der Waals surface area contributed by atoms with Crippen molar-refractivity contribution in [2.45, 2.75) is 175 Å². The maximum Gasteiger partial charge on any atom is 0.330 e. The van der Waals surface area contributed by atoms with Gasteiger partial charge in [0.05, 0.1) is 36.6 Å². The maximum absolute atomic E-state index is 13.5. The van der Waals surface area contributed by atoms with Gasteiger partial charge in [0.25, 0.3) is 0 Å². The van der Waals surface area contributed by atoms with E-state index in [1.54, 1.807) is 20.8 Å². The summed E-state index contributed by atoms with van der Waals surface area (Å²) in [5, 5.41) is 55.0. The van der Waals surface area contributed by atoms with Crippen LogP contribution in [-0.4, -0.2) is 97.2 Å². The van der Waals surface area contributed by atoms with Crippen molar-refractivity contribution in [2.24, 2.45) is 53.3 Å². The highest BCUT2D eigenvalue weighted by Crippen LogP contribution is 2.49. The molecule has 2 bridgehead atoms. The molecule has 0 saturated carbocycles. The number of Topliss-reactive ketones (excluding diaryl/α,β-unsaturated/α-hetero) is 2. The molecule has 0 aromatic heterocycles. The minimum absolute atomic E-state index is 0.168. The highest BCUT2D eigenvalue weighted by molar-refractivity contribution is 5.91. The van der Waals surface area contributed by atoms with Crippen LogP contribution in [0.5, 0.6) is 0 Å². The Bertz CT molecular complexity index is 1390. The molecular formula is C45H74O11. The second kappa shape index (κ2) is 20.6. The number of ether oxygens (including phenoxy) is 3. The predicted octanol–water partition coefficient (Wildman–Crippen LogP) is 5.88. The zero-order valence-corrected chi connectivity index (χ0v) is 35.8. The van der Waals surface area contributed by atoms with Crippen molar-refractivity contribution in [1.82, 2.24) is 0 Å². The molecule has 18 atom stereocenters. The van der Waals surface area contributed by atoms with E-state index in [1.807, 2.05) is 32.1 Å². The molecule has 2 saturated heterocycles. The number of hydrogen-bond acceptors (Lipinski definition) is 11. The quantitative estimate of drug-likeness (QED) is 0.216. The average molecular weight is 791 g/mol. The van der Waals surface area contributed by atoms with Gasteiger partial charge in [-0.3, -0.25) is 9.59 Å². The first-order valence-electron chi connectivity index (χ1n) is 21.2. The van der Waals surface area contributed by atoms with E-state index in [4.69, 9.17) is 14.2 Å². The number of fused-ring (bicyclic) bond motifs is 2. The number of carbonyl (C=O) groups is 3. The van der Waals surface area contributed by atoms with E-state index in [9.17, 15) is 39.9 Å². The number of rotatable bonds is 3.